The van der Waals surface area contributed by atoms with Crippen LogP contribution in [0.3, 0.4) is 0 Å². The second-order valence-electron chi connectivity index (χ2n) is 6.37. The summed E-state index contributed by atoms with van der Waals surface area (Å²) in [7, 11) is 1.68. The summed E-state index contributed by atoms with van der Waals surface area (Å²) >= 11 is 0. The van der Waals surface area contributed by atoms with E-state index in [-0.39, 0.29) is 17.3 Å². The fourth-order valence-corrected chi connectivity index (χ4v) is 3.10. The van der Waals surface area contributed by atoms with Gasteiger partial charge in [0.05, 0.1) is 24.0 Å². The maximum Gasteiger partial charge on any atom is 0.272 e. The number of methoxy groups -OCH3 is 1. The van der Waals surface area contributed by atoms with Crippen LogP contribution in [0.25, 0.3) is 5.65 Å². The van der Waals surface area contributed by atoms with Gasteiger partial charge >= 0.3 is 0 Å². The molecule has 0 aromatic carbocycles. The molecular weight excluding hydrogens is 284 g/mol. The minimum atomic E-state index is -0.241. The molecule has 0 aliphatic carbocycles. The van der Waals surface area contributed by atoms with E-state index in [1.165, 1.54) is 4.52 Å². The van der Waals surface area contributed by atoms with E-state index in [1.807, 2.05) is 0 Å². The van der Waals surface area contributed by atoms with Crippen molar-refractivity contribution in [3.8, 4) is 0 Å². The minimum Gasteiger partial charge on any atom is -0.382 e. The van der Waals surface area contributed by atoms with E-state index in [4.69, 9.17) is 9.47 Å². The Morgan fingerprint density at radius 1 is 1.55 bits per heavy atom. The van der Waals surface area contributed by atoms with Crippen LogP contribution in [0.4, 0.5) is 0 Å². The van der Waals surface area contributed by atoms with Gasteiger partial charge in [-0.15, -0.1) is 0 Å². The first kappa shape index (κ1) is 15.2. The quantitative estimate of drug-likeness (QED) is 0.898. The van der Waals surface area contributed by atoms with E-state index in [0.717, 1.165) is 18.8 Å². The molecule has 1 fully saturated rings. The van der Waals surface area contributed by atoms with Gasteiger partial charge in [0.25, 0.3) is 5.56 Å². The van der Waals surface area contributed by atoms with E-state index in [9.17, 15) is 4.79 Å². The number of morpholine rings is 1. The van der Waals surface area contributed by atoms with Crippen molar-refractivity contribution in [2.75, 3.05) is 26.8 Å². The van der Waals surface area contributed by atoms with Crippen molar-refractivity contribution in [3.05, 3.63) is 34.4 Å². The Balaban J connectivity index is 1.79. The molecule has 0 amide bonds. The third-order valence-electron chi connectivity index (χ3n) is 3.72. The summed E-state index contributed by atoms with van der Waals surface area (Å²) in [5.41, 5.74) is 1.09. The first-order valence-corrected chi connectivity index (χ1v) is 7.42. The third kappa shape index (κ3) is 3.21. The van der Waals surface area contributed by atoms with E-state index in [2.05, 4.69) is 28.8 Å². The van der Waals surface area contributed by atoms with Crippen LogP contribution >= 0.6 is 0 Å². The molecule has 1 aliphatic heterocycles. The second-order valence-corrected chi connectivity index (χ2v) is 6.37. The van der Waals surface area contributed by atoms with Gasteiger partial charge in [0.15, 0.2) is 5.65 Å². The lowest BCUT2D eigenvalue weighted by molar-refractivity contribution is -0.154. The zero-order chi connectivity index (χ0) is 15.7. The Morgan fingerprint density at radius 3 is 3.14 bits per heavy atom. The van der Waals surface area contributed by atoms with Gasteiger partial charge in [-0.1, -0.05) is 0 Å². The predicted octanol–water partition coefficient (Wildman–Crippen LogP) is 0.648. The molecule has 22 heavy (non-hydrogen) atoms. The van der Waals surface area contributed by atoms with Gasteiger partial charge < -0.3 is 9.47 Å². The number of rotatable bonds is 4. The number of aromatic nitrogens is 3. The SMILES string of the molecule is COC[C@H]1CN(Cc2cc(=O)n3[nH]ccc3n2)CC(C)(C)O1. The highest BCUT2D eigenvalue weighted by Gasteiger charge is 2.33. The highest BCUT2D eigenvalue weighted by molar-refractivity contribution is 5.36. The molecule has 1 atom stereocenters. The van der Waals surface area contributed by atoms with Crippen LogP contribution < -0.4 is 5.56 Å². The van der Waals surface area contributed by atoms with E-state index < -0.39 is 0 Å². The molecule has 1 aliphatic rings. The molecule has 0 spiro atoms. The summed E-state index contributed by atoms with van der Waals surface area (Å²) in [6.07, 6.45) is 1.74. The smallest absolute Gasteiger partial charge is 0.272 e. The monoisotopic (exact) mass is 306 g/mol. The van der Waals surface area contributed by atoms with Crippen LogP contribution in [0.5, 0.6) is 0 Å². The van der Waals surface area contributed by atoms with Crippen molar-refractivity contribution in [2.24, 2.45) is 0 Å². The molecule has 7 nitrogen and oxygen atoms in total. The number of hydrogen-bond donors (Lipinski definition) is 1. The summed E-state index contributed by atoms with van der Waals surface area (Å²) in [5, 5.41) is 2.85. The molecule has 0 unspecified atom stereocenters. The standard InChI is InChI=1S/C15H22N4O3/c1-15(2)10-18(8-12(22-15)9-21-3)7-11-6-14(20)19-13(17-11)4-5-16-19/h4-6,12,16H,7-10H2,1-3H3/t12-/m1/s1. The van der Waals surface area contributed by atoms with Crippen LogP contribution in [0.15, 0.2) is 23.1 Å². The zero-order valence-corrected chi connectivity index (χ0v) is 13.2. The maximum absolute atomic E-state index is 12.0. The molecule has 7 heteroatoms. The van der Waals surface area contributed by atoms with E-state index in [1.54, 1.807) is 25.4 Å². The van der Waals surface area contributed by atoms with Gasteiger partial charge in [-0.05, 0) is 13.8 Å². The molecular formula is C15H22N4O3. The van der Waals surface area contributed by atoms with Crippen molar-refractivity contribution < 1.29 is 9.47 Å². The summed E-state index contributed by atoms with van der Waals surface area (Å²) in [6.45, 7) is 6.89. The Labute approximate surface area is 128 Å². The van der Waals surface area contributed by atoms with Crippen molar-refractivity contribution in [1.29, 1.82) is 0 Å². The summed E-state index contributed by atoms with van der Waals surface area (Å²) in [5.74, 6) is 0. The van der Waals surface area contributed by atoms with Gasteiger partial charge in [-0.2, -0.15) is 0 Å². The lowest BCUT2D eigenvalue weighted by Crippen LogP contribution is -2.53. The number of aromatic amines is 1. The molecule has 0 saturated carbocycles. The van der Waals surface area contributed by atoms with Gasteiger partial charge in [0.2, 0.25) is 0 Å². The van der Waals surface area contributed by atoms with Gasteiger partial charge in [0, 0.05) is 45.1 Å². The fraction of sp³-hybridized carbons (Fsp3) is 0.600. The highest BCUT2D eigenvalue weighted by Crippen LogP contribution is 2.22. The van der Waals surface area contributed by atoms with Crippen molar-refractivity contribution in [2.45, 2.75) is 32.1 Å². The molecule has 1 N–H and O–H groups in total. The molecule has 3 rings (SSSR count). The average molecular weight is 306 g/mol. The van der Waals surface area contributed by atoms with E-state index >= 15 is 0 Å². The summed E-state index contributed by atoms with van der Waals surface area (Å²) < 4.78 is 12.7. The first-order chi connectivity index (χ1) is 10.5. The fourth-order valence-electron chi connectivity index (χ4n) is 3.10. The van der Waals surface area contributed by atoms with Crippen LogP contribution in [0, 0.1) is 0 Å². The Hall–Kier alpha value is -1.70. The highest BCUT2D eigenvalue weighted by atomic mass is 16.5. The van der Waals surface area contributed by atoms with Gasteiger partial charge in [-0.25, -0.2) is 9.50 Å². The van der Waals surface area contributed by atoms with Crippen LogP contribution in [0.2, 0.25) is 0 Å². The number of ether oxygens (including phenoxy) is 2. The Kier molecular flexibility index (Phi) is 4.03. The molecule has 2 aromatic rings. The minimum absolute atomic E-state index is 0.0332. The normalized spacial score (nSPS) is 22.2. The molecule has 0 bridgehead atoms. The van der Waals surface area contributed by atoms with Crippen molar-refractivity contribution in [1.82, 2.24) is 19.5 Å². The number of nitrogens with zero attached hydrogens (tertiary/aromatic N) is 3. The summed E-state index contributed by atoms with van der Waals surface area (Å²) in [6, 6.07) is 3.37. The van der Waals surface area contributed by atoms with Crippen LogP contribution in [0.1, 0.15) is 19.5 Å². The topological polar surface area (TPSA) is 71.9 Å². The van der Waals surface area contributed by atoms with Gasteiger partial charge in [-0.3, -0.25) is 14.8 Å². The number of nitrogens with one attached hydrogen (secondary N) is 1. The lowest BCUT2D eigenvalue weighted by atomic mass is 10.1. The largest absolute Gasteiger partial charge is 0.382 e. The number of fused-ring (bicyclic) bond motifs is 1. The van der Waals surface area contributed by atoms with Gasteiger partial charge in [0.1, 0.15) is 0 Å². The Bertz CT molecular complexity index is 706. The van der Waals surface area contributed by atoms with Crippen molar-refractivity contribution >= 4 is 5.65 Å². The van der Waals surface area contributed by atoms with E-state index in [0.29, 0.717) is 18.8 Å². The number of hydrogen-bond acceptors (Lipinski definition) is 5. The molecule has 120 valence electrons. The third-order valence-corrected chi connectivity index (χ3v) is 3.72. The zero-order valence-electron chi connectivity index (χ0n) is 13.2. The lowest BCUT2D eigenvalue weighted by Gasteiger charge is -2.42. The summed E-state index contributed by atoms with van der Waals surface area (Å²) in [4.78, 5) is 18.8. The number of H-pyrrole nitrogens is 1. The maximum atomic E-state index is 12.0. The van der Waals surface area contributed by atoms with Crippen LogP contribution in [-0.4, -0.2) is 58.0 Å². The predicted molar refractivity (Wildman–Crippen MR) is 81.9 cm³/mol. The average Bonchev–Trinajstić information content (AvgIpc) is 2.85. The van der Waals surface area contributed by atoms with Crippen LogP contribution in [-0.2, 0) is 16.0 Å². The molecule has 3 heterocycles. The molecule has 2 aromatic heterocycles. The second kappa shape index (κ2) is 5.83. The Morgan fingerprint density at radius 2 is 2.36 bits per heavy atom. The van der Waals surface area contributed by atoms with Crippen molar-refractivity contribution in [3.63, 3.8) is 0 Å². The first-order valence-electron chi connectivity index (χ1n) is 7.42. The molecule has 0 radical (unpaired) electrons. The molecule has 1 saturated heterocycles.